The highest BCUT2D eigenvalue weighted by Gasteiger charge is 2.16. The molecule has 0 radical (unpaired) electrons. The van der Waals surface area contributed by atoms with Crippen LogP contribution in [0.5, 0.6) is 0 Å². The van der Waals surface area contributed by atoms with Crippen molar-refractivity contribution >= 4 is 29.6 Å². The van der Waals surface area contributed by atoms with Gasteiger partial charge in [-0.3, -0.25) is 9.36 Å². The van der Waals surface area contributed by atoms with E-state index >= 15 is 0 Å². The van der Waals surface area contributed by atoms with Crippen molar-refractivity contribution in [3.63, 3.8) is 0 Å². The van der Waals surface area contributed by atoms with Gasteiger partial charge >= 0.3 is 0 Å². The number of pyridine rings is 1. The largest absolute Gasteiger partial charge is 0.360 e. The number of allylic oxidation sites excluding steroid dienone is 2. The van der Waals surface area contributed by atoms with Crippen molar-refractivity contribution in [2.24, 2.45) is 0 Å². The third-order valence-electron chi connectivity index (χ3n) is 4.87. The summed E-state index contributed by atoms with van der Waals surface area (Å²) in [5.74, 6) is 0.620. The van der Waals surface area contributed by atoms with Crippen LogP contribution in [0.4, 0.5) is 5.82 Å². The van der Waals surface area contributed by atoms with Gasteiger partial charge in [0.25, 0.3) is 5.56 Å². The predicted molar refractivity (Wildman–Crippen MR) is 120 cm³/mol. The Bertz CT molecular complexity index is 1380. The first-order chi connectivity index (χ1) is 14.6. The number of imidazole rings is 1. The van der Waals surface area contributed by atoms with Crippen LogP contribution in [0.3, 0.4) is 0 Å². The average Bonchev–Trinajstić information content (AvgIpc) is 3.25. The van der Waals surface area contributed by atoms with E-state index < -0.39 is 0 Å². The zero-order chi connectivity index (χ0) is 21.1. The standard InChI is InChI=1S/C23H22N6O/c1-4-5-9-17-12-19(29(23(30)15(17)2)18-10-7-6-8-11-18)16(3)28-22-20-21(25-13-24-20)26-14-27-22/h4-14,16H,2H2,1,3H3,(H2,24,25,26,27,28)/b5-4-,17-9-/t16-/m1/s1. The number of nitrogens with one attached hydrogen (secondary N) is 2. The molecule has 0 bridgehead atoms. The SMILES string of the molecule is C=c1c(=O)n(-c2ccccc2)c([C@@H](C)Nc2ncnc3nc[nH]c23)c/c1=C/C=C\C. The molecule has 3 heterocycles. The number of hydrogen-bond donors (Lipinski definition) is 2. The number of para-hydroxylation sites is 1. The fourth-order valence-corrected chi connectivity index (χ4v) is 3.35. The molecular formula is C23H22N6O. The first kappa shape index (κ1) is 19.3. The maximum absolute atomic E-state index is 13.3. The van der Waals surface area contributed by atoms with Crippen molar-refractivity contribution in [2.45, 2.75) is 19.9 Å². The van der Waals surface area contributed by atoms with Gasteiger partial charge in [-0.25, -0.2) is 15.0 Å². The van der Waals surface area contributed by atoms with Crippen molar-refractivity contribution in [3.05, 3.63) is 87.7 Å². The van der Waals surface area contributed by atoms with Crippen LogP contribution in [0.25, 0.3) is 29.5 Å². The van der Waals surface area contributed by atoms with Gasteiger partial charge in [0.1, 0.15) is 11.8 Å². The molecule has 150 valence electrons. The van der Waals surface area contributed by atoms with Gasteiger partial charge in [-0.15, -0.1) is 0 Å². The Hall–Kier alpha value is -4.00. The van der Waals surface area contributed by atoms with Crippen LogP contribution in [0.2, 0.25) is 0 Å². The van der Waals surface area contributed by atoms with Crippen LogP contribution in [0.15, 0.2) is 66.0 Å². The molecule has 4 rings (SSSR count). The average molecular weight is 398 g/mol. The molecule has 0 amide bonds. The molecule has 0 unspecified atom stereocenters. The number of rotatable bonds is 5. The van der Waals surface area contributed by atoms with E-state index in [9.17, 15) is 4.79 Å². The zero-order valence-corrected chi connectivity index (χ0v) is 16.8. The summed E-state index contributed by atoms with van der Waals surface area (Å²) in [5.41, 5.74) is 2.71. The van der Waals surface area contributed by atoms with E-state index in [-0.39, 0.29) is 11.6 Å². The van der Waals surface area contributed by atoms with Gasteiger partial charge in [-0.05, 0) is 37.3 Å². The van der Waals surface area contributed by atoms with Gasteiger partial charge in [-0.2, -0.15) is 0 Å². The first-order valence-corrected chi connectivity index (χ1v) is 9.64. The number of hydrogen-bond acceptors (Lipinski definition) is 5. The second-order valence-electron chi connectivity index (χ2n) is 6.86. The summed E-state index contributed by atoms with van der Waals surface area (Å²) >= 11 is 0. The Morgan fingerprint density at radius 1 is 1.20 bits per heavy atom. The molecule has 30 heavy (non-hydrogen) atoms. The quantitative estimate of drug-likeness (QED) is 0.539. The lowest BCUT2D eigenvalue weighted by atomic mass is 10.1. The van der Waals surface area contributed by atoms with Crippen LogP contribution < -0.4 is 21.3 Å². The molecule has 4 aromatic rings. The van der Waals surface area contributed by atoms with Gasteiger partial charge in [0.2, 0.25) is 0 Å². The molecular weight excluding hydrogens is 376 g/mol. The summed E-state index contributed by atoms with van der Waals surface area (Å²) in [6.07, 6.45) is 8.76. The molecule has 3 aromatic heterocycles. The first-order valence-electron chi connectivity index (χ1n) is 9.64. The smallest absolute Gasteiger partial charge is 0.262 e. The van der Waals surface area contributed by atoms with Crippen LogP contribution in [0, 0.1) is 0 Å². The maximum Gasteiger partial charge on any atom is 0.262 e. The van der Waals surface area contributed by atoms with Gasteiger partial charge in [0.05, 0.1) is 12.4 Å². The zero-order valence-electron chi connectivity index (χ0n) is 16.8. The molecule has 1 aromatic carbocycles. The lowest BCUT2D eigenvalue weighted by Gasteiger charge is -2.20. The predicted octanol–water partition coefficient (Wildman–Crippen LogP) is 2.44. The van der Waals surface area contributed by atoms with E-state index in [0.29, 0.717) is 22.2 Å². The minimum absolute atomic E-state index is 0.155. The number of fused-ring (bicyclic) bond motifs is 1. The fraction of sp³-hybridized carbons (Fsp3) is 0.130. The van der Waals surface area contributed by atoms with Gasteiger partial charge in [0.15, 0.2) is 11.5 Å². The Morgan fingerprint density at radius 2 is 2.00 bits per heavy atom. The summed E-state index contributed by atoms with van der Waals surface area (Å²) in [4.78, 5) is 29.0. The molecule has 7 heteroatoms. The summed E-state index contributed by atoms with van der Waals surface area (Å²) in [5, 5.41) is 4.62. The number of H-pyrrole nitrogens is 1. The lowest BCUT2D eigenvalue weighted by Crippen LogP contribution is -2.45. The van der Waals surface area contributed by atoms with Crippen LogP contribution >= 0.6 is 0 Å². The molecule has 1 atom stereocenters. The normalized spacial score (nSPS) is 13.2. The van der Waals surface area contributed by atoms with Crippen molar-refractivity contribution in [2.75, 3.05) is 5.32 Å². The molecule has 2 N–H and O–H groups in total. The van der Waals surface area contributed by atoms with E-state index in [4.69, 9.17) is 0 Å². The van der Waals surface area contributed by atoms with E-state index in [1.54, 1.807) is 10.9 Å². The van der Waals surface area contributed by atoms with Crippen molar-refractivity contribution in [1.29, 1.82) is 0 Å². The van der Waals surface area contributed by atoms with E-state index in [0.717, 1.165) is 16.6 Å². The number of aromatic nitrogens is 5. The van der Waals surface area contributed by atoms with Gasteiger partial charge < -0.3 is 10.3 Å². The Balaban J connectivity index is 1.90. The number of benzene rings is 1. The highest BCUT2D eigenvalue weighted by atomic mass is 16.1. The molecule has 0 saturated heterocycles. The Kier molecular flexibility index (Phi) is 5.26. The summed E-state index contributed by atoms with van der Waals surface area (Å²) in [7, 11) is 0. The molecule has 7 nitrogen and oxygen atoms in total. The van der Waals surface area contributed by atoms with Gasteiger partial charge in [-0.1, -0.05) is 43.0 Å². The third kappa shape index (κ3) is 3.53. The van der Waals surface area contributed by atoms with Crippen molar-refractivity contribution in [3.8, 4) is 5.69 Å². The van der Waals surface area contributed by atoms with E-state index in [1.807, 2.05) is 68.5 Å². The molecule has 0 aliphatic rings. The molecule has 0 aliphatic heterocycles. The Morgan fingerprint density at radius 3 is 2.77 bits per heavy atom. The monoisotopic (exact) mass is 398 g/mol. The molecule has 0 fully saturated rings. The summed E-state index contributed by atoms with van der Waals surface area (Å²) < 4.78 is 1.69. The van der Waals surface area contributed by atoms with Crippen LogP contribution in [0.1, 0.15) is 25.6 Å². The van der Waals surface area contributed by atoms with Gasteiger partial charge in [0, 0.05) is 16.6 Å². The summed E-state index contributed by atoms with van der Waals surface area (Å²) in [6, 6.07) is 11.3. The van der Waals surface area contributed by atoms with Crippen molar-refractivity contribution in [1.82, 2.24) is 24.5 Å². The second kappa shape index (κ2) is 8.16. The summed E-state index contributed by atoms with van der Waals surface area (Å²) in [6.45, 7) is 7.94. The maximum atomic E-state index is 13.3. The molecule has 0 spiro atoms. The Labute approximate surface area is 173 Å². The highest BCUT2D eigenvalue weighted by molar-refractivity contribution is 5.82. The van der Waals surface area contributed by atoms with E-state index in [2.05, 4.69) is 31.8 Å². The fourth-order valence-electron chi connectivity index (χ4n) is 3.35. The van der Waals surface area contributed by atoms with E-state index in [1.165, 1.54) is 6.33 Å². The minimum Gasteiger partial charge on any atom is -0.360 e. The number of aromatic amines is 1. The highest BCUT2D eigenvalue weighted by Crippen LogP contribution is 2.22. The minimum atomic E-state index is -0.238. The van der Waals surface area contributed by atoms with Crippen LogP contribution in [-0.4, -0.2) is 24.5 Å². The molecule has 0 aliphatic carbocycles. The molecule has 0 saturated carbocycles. The second-order valence-corrected chi connectivity index (χ2v) is 6.86. The number of anilines is 1. The van der Waals surface area contributed by atoms with Crippen LogP contribution in [-0.2, 0) is 0 Å². The number of nitrogens with zero attached hydrogens (tertiary/aromatic N) is 4. The third-order valence-corrected chi connectivity index (χ3v) is 4.87. The van der Waals surface area contributed by atoms with Crippen molar-refractivity contribution < 1.29 is 0 Å². The topological polar surface area (TPSA) is 88.5 Å². The lowest BCUT2D eigenvalue weighted by molar-refractivity contribution is 0.761.